The predicted molar refractivity (Wildman–Crippen MR) is 126 cm³/mol. The fourth-order valence-corrected chi connectivity index (χ4v) is 4.72. The van der Waals surface area contributed by atoms with Gasteiger partial charge in [0.15, 0.2) is 0 Å². The van der Waals surface area contributed by atoms with E-state index in [9.17, 15) is 13.2 Å². The van der Waals surface area contributed by atoms with Crippen molar-refractivity contribution in [3.63, 3.8) is 0 Å². The van der Waals surface area contributed by atoms with Crippen LogP contribution in [-0.4, -0.2) is 33.7 Å². The van der Waals surface area contributed by atoms with Crippen LogP contribution in [0.3, 0.4) is 0 Å². The van der Waals surface area contributed by atoms with Crippen molar-refractivity contribution in [2.24, 2.45) is 5.92 Å². The van der Waals surface area contributed by atoms with Crippen LogP contribution in [0.5, 0.6) is 5.75 Å². The van der Waals surface area contributed by atoms with Crippen molar-refractivity contribution in [1.82, 2.24) is 5.32 Å². The van der Waals surface area contributed by atoms with E-state index in [0.29, 0.717) is 11.6 Å². The topological polar surface area (TPSA) is 75.7 Å². The lowest BCUT2D eigenvalue weighted by atomic mass is 9.96. The van der Waals surface area contributed by atoms with Crippen molar-refractivity contribution in [3.8, 4) is 5.75 Å². The van der Waals surface area contributed by atoms with Gasteiger partial charge in [-0.3, -0.25) is 9.10 Å². The predicted octanol–water partition coefficient (Wildman–Crippen LogP) is 4.37. The molecule has 0 aliphatic carbocycles. The summed E-state index contributed by atoms with van der Waals surface area (Å²) in [6.07, 6.45) is 1.86. The Morgan fingerprint density at radius 3 is 2.13 bits per heavy atom. The molecule has 6 nitrogen and oxygen atoms in total. The second-order valence-corrected chi connectivity index (χ2v) is 10.3. The van der Waals surface area contributed by atoms with Gasteiger partial charge in [-0.1, -0.05) is 32.0 Å². The molecule has 0 aromatic heterocycles. The third-order valence-electron chi connectivity index (χ3n) is 5.38. The Morgan fingerprint density at radius 2 is 1.65 bits per heavy atom. The number of anilines is 1. The summed E-state index contributed by atoms with van der Waals surface area (Å²) in [6, 6.07) is 11.8. The number of ether oxygens (including phenoxy) is 1. The molecule has 0 radical (unpaired) electrons. The Kier molecular flexibility index (Phi) is 8.12. The number of hydrogen-bond donors (Lipinski definition) is 1. The third kappa shape index (κ3) is 6.47. The first kappa shape index (κ1) is 24.7. The van der Waals surface area contributed by atoms with E-state index in [1.807, 2.05) is 44.2 Å². The van der Waals surface area contributed by atoms with Crippen LogP contribution in [0.25, 0.3) is 0 Å². The summed E-state index contributed by atoms with van der Waals surface area (Å²) >= 11 is 0. The third-order valence-corrected chi connectivity index (χ3v) is 6.62. The molecule has 2 aromatic carbocycles. The van der Waals surface area contributed by atoms with Gasteiger partial charge in [0.05, 0.1) is 25.1 Å². The van der Waals surface area contributed by atoms with Crippen molar-refractivity contribution in [3.05, 3.63) is 59.2 Å². The smallest absolute Gasteiger partial charge is 0.244 e. The van der Waals surface area contributed by atoms with Gasteiger partial charge in [-0.05, 0) is 74.1 Å². The summed E-state index contributed by atoms with van der Waals surface area (Å²) in [4.78, 5) is 13.2. The van der Waals surface area contributed by atoms with E-state index < -0.39 is 16.1 Å². The number of nitrogens with zero attached hydrogens (tertiary/aromatic N) is 1. The average Bonchev–Trinajstić information content (AvgIpc) is 2.69. The molecule has 31 heavy (non-hydrogen) atoms. The highest BCUT2D eigenvalue weighted by molar-refractivity contribution is 7.92. The Bertz CT molecular complexity index is 1000. The molecule has 2 rings (SSSR count). The molecular formula is C24H34N2O4S. The van der Waals surface area contributed by atoms with Crippen LogP contribution in [0.1, 0.15) is 49.9 Å². The van der Waals surface area contributed by atoms with Gasteiger partial charge < -0.3 is 10.1 Å². The van der Waals surface area contributed by atoms with Gasteiger partial charge in [0.25, 0.3) is 0 Å². The number of rotatable bonds is 9. The van der Waals surface area contributed by atoms with Crippen molar-refractivity contribution < 1.29 is 17.9 Å². The van der Waals surface area contributed by atoms with Crippen molar-refractivity contribution in [1.29, 1.82) is 0 Å². The summed E-state index contributed by atoms with van der Waals surface area (Å²) in [6.45, 7) is 9.68. The van der Waals surface area contributed by atoms with Crippen LogP contribution < -0.4 is 14.4 Å². The molecule has 2 aromatic rings. The first-order valence-corrected chi connectivity index (χ1v) is 12.3. The first-order valence-electron chi connectivity index (χ1n) is 10.4. The van der Waals surface area contributed by atoms with E-state index in [1.54, 1.807) is 26.2 Å². The molecule has 0 unspecified atom stereocenters. The van der Waals surface area contributed by atoms with Crippen LogP contribution in [0.4, 0.5) is 5.69 Å². The molecule has 0 heterocycles. The van der Waals surface area contributed by atoms with Gasteiger partial charge in [0, 0.05) is 0 Å². The van der Waals surface area contributed by atoms with E-state index in [-0.39, 0.29) is 11.9 Å². The molecule has 1 amide bonds. The molecule has 0 saturated heterocycles. The first-order chi connectivity index (χ1) is 14.4. The van der Waals surface area contributed by atoms with Crippen LogP contribution in [-0.2, 0) is 14.8 Å². The van der Waals surface area contributed by atoms with Crippen LogP contribution in [0, 0.1) is 19.8 Å². The van der Waals surface area contributed by atoms with Crippen LogP contribution in [0.2, 0.25) is 0 Å². The average molecular weight is 447 g/mol. The highest BCUT2D eigenvalue weighted by Crippen LogP contribution is 2.26. The number of carbonyl (C=O) groups excluding carboxylic acids is 1. The standard InChI is InChI=1S/C24H34N2O4S/c1-16(2)14-23(20-9-12-22(30-6)13-10-20)25-24(27)19(5)26(31(7,28)29)21-11-8-17(3)18(4)15-21/h8-13,15-16,19,23H,14H2,1-7H3,(H,25,27)/t19-,23+/m0/s1. The summed E-state index contributed by atoms with van der Waals surface area (Å²) in [5.41, 5.74) is 3.46. The quantitative estimate of drug-likeness (QED) is 0.621. The molecule has 0 aliphatic heterocycles. The summed E-state index contributed by atoms with van der Waals surface area (Å²) in [7, 11) is -2.06. The van der Waals surface area contributed by atoms with E-state index in [1.165, 1.54) is 4.31 Å². The zero-order chi connectivity index (χ0) is 23.3. The minimum absolute atomic E-state index is 0.234. The van der Waals surface area contributed by atoms with Gasteiger partial charge in [-0.25, -0.2) is 8.42 Å². The minimum Gasteiger partial charge on any atom is -0.497 e. The zero-order valence-electron chi connectivity index (χ0n) is 19.5. The highest BCUT2D eigenvalue weighted by atomic mass is 32.2. The Balaban J connectivity index is 2.33. The van der Waals surface area contributed by atoms with Gasteiger partial charge in [-0.2, -0.15) is 0 Å². The molecule has 0 aliphatic rings. The van der Waals surface area contributed by atoms with Gasteiger partial charge in [-0.15, -0.1) is 0 Å². The number of nitrogens with one attached hydrogen (secondary N) is 1. The second-order valence-electron chi connectivity index (χ2n) is 8.47. The summed E-state index contributed by atoms with van der Waals surface area (Å²) in [5, 5.41) is 3.06. The minimum atomic E-state index is -3.67. The molecular weight excluding hydrogens is 412 g/mol. The van der Waals surface area contributed by atoms with E-state index in [4.69, 9.17) is 4.74 Å². The molecule has 2 atom stereocenters. The Labute approximate surface area is 186 Å². The molecule has 7 heteroatoms. The molecule has 0 bridgehead atoms. The number of methoxy groups -OCH3 is 1. The number of benzene rings is 2. The number of aryl methyl sites for hydroxylation is 2. The number of sulfonamides is 1. The number of hydrogen-bond acceptors (Lipinski definition) is 4. The maximum absolute atomic E-state index is 13.2. The van der Waals surface area contributed by atoms with Gasteiger partial charge in [0.1, 0.15) is 11.8 Å². The zero-order valence-corrected chi connectivity index (χ0v) is 20.3. The molecule has 0 fully saturated rings. The van der Waals surface area contributed by atoms with E-state index >= 15 is 0 Å². The maximum Gasteiger partial charge on any atom is 0.244 e. The number of amides is 1. The Hall–Kier alpha value is -2.54. The normalized spacial score (nSPS) is 13.5. The molecule has 1 N–H and O–H groups in total. The Morgan fingerprint density at radius 1 is 1.03 bits per heavy atom. The summed E-state index contributed by atoms with van der Waals surface area (Å²) < 4.78 is 31.6. The van der Waals surface area contributed by atoms with E-state index in [2.05, 4.69) is 19.2 Å². The van der Waals surface area contributed by atoms with Crippen molar-refractivity contribution >= 4 is 21.6 Å². The molecule has 170 valence electrons. The molecule has 0 spiro atoms. The highest BCUT2D eigenvalue weighted by Gasteiger charge is 2.31. The summed E-state index contributed by atoms with van der Waals surface area (Å²) in [5.74, 6) is 0.739. The van der Waals surface area contributed by atoms with Crippen LogP contribution in [0.15, 0.2) is 42.5 Å². The largest absolute Gasteiger partial charge is 0.497 e. The second kappa shape index (κ2) is 10.2. The van der Waals surface area contributed by atoms with E-state index in [0.717, 1.165) is 35.1 Å². The molecule has 0 saturated carbocycles. The lowest BCUT2D eigenvalue weighted by Crippen LogP contribution is -2.48. The van der Waals surface area contributed by atoms with Gasteiger partial charge >= 0.3 is 0 Å². The maximum atomic E-state index is 13.2. The fourth-order valence-electron chi connectivity index (χ4n) is 3.55. The fraction of sp³-hybridized carbons (Fsp3) is 0.458. The van der Waals surface area contributed by atoms with Crippen LogP contribution >= 0.6 is 0 Å². The van der Waals surface area contributed by atoms with Crippen molar-refractivity contribution in [2.75, 3.05) is 17.7 Å². The monoisotopic (exact) mass is 446 g/mol. The SMILES string of the molecule is COc1ccc([C@@H](CC(C)C)NC(=O)[C@H](C)N(c2ccc(C)c(C)c2)S(C)(=O)=O)cc1. The lowest BCUT2D eigenvalue weighted by Gasteiger charge is -2.30. The lowest BCUT2D eigenvalue weighted by molar-refractivity contribution is -0.122. The number of carbonyl (C=O) groups is 1. The van der Waals surface area contributed by atoms with Gasteiger partial charge in [0.2, 0.25) is 15.9 Å². The van der Waals surface area contributed by atoms with Crippen molar-refractivity contribution in [2.45, 2.75) is 53.1 Å².